The van der Waals surface area contributed by atoms with Crippen LogP contribution in [-0.4, -0.2) is 87.5 Å². The van der Waals surface area contributed by atoms with Gasteiger partial charge in [-0.2, -0.15) is 0 Å². The minimum absolute atomic E-state index is 0.199. The first-order valence-corrected chi connectivity index (χ1v) is 31.8. The van der Waals surface area contributed by atoms with E-state index in [1.165, 1.54) is 128 Å². The maximum atomic E-state index is 13.1. The first kappa shape index (κ1) is 72.6. The first-order valence-electron chi connectivity index (χ1n) is 31.8. The number of nitrogens with one attached hydrogen (secondary N) is 1. The van der Waals surface area contributed by atoms with Crippen LogP contribution in [0.15, 0.2) is 122 Å². The smallest absolute Gasteiger partial charge is 0.220 e. The van der Waals surface area contributed by atoms with Crippen molar-refractivity contribution in [1.29, 1.82) is 0 Å². The molecule has 7 unspecified atom stereocenters. The van der Waals surface area contributed by atoms with Gasteiger partial charge in [0.25, 0.3) is 0 Å². The van der Waals surface area contributed by atoms with Crippen molar-refractivity contribution in [3.8, 4) is 0 Å². The van der Waals surface area contributed by atoms with E-state index >= 15 is 0 Å². The van der Waals surface area contributed by atoms with Crippen molar-refractivity contribution in [2.24, 2.45) is 0 Å². The summed E-state index contributed by atoms with van der Waals surface area (Å²) in [6.07, 6.45) is 78.4. The molecule has 9 nitrogen and oxygen atoms in total. The number of allylic oxidation sites excluding steroid dienone is 19. The summed E-state index contributed by atoms with van der Waals surface area (Å²) in [5.74, 6) is -0.199. The molecule has 1 aliphatic rings. The van der Waals surface area contributed by atoms with Crippen LogP contribution in [0.4, 0.5) is 0 Å². The number of aliphatic hydroxyl groups is 5. The van der Waals surface area contributed by atoms with Crippen LogP contribution in [0.2, 0.25) is 0 Å². The van der Waals surface area contributed by atoms with Crippen molar-refractivity contribution in [3.05, 3.63) is 122 Å². The molecular formula is C69H117NO8. The van der Waals surface area contributed by atoms with Crippen LogP contribution < -0.4 is 5.32 Å². The third-order valence-corrected chi connectivity index (χ3v) is 14.3. The van der Waals surface area contributed by atoms with E-state index in [9.17, 15) is 30.3 Å². The molecule has 446 valence electrons. The Kier molecular flexibility index (Phi) is 52.9. The van der Waals surface area contributed by atoms with E-state index in [0.717, 1.165) is 103 Å². The lowest BCUT2D eigenvalue weighted by molar-refractivity contribution is -0.302. The van der Waals surface area contributed by atoms with E-state index in [2.05, 4.69) is 129 Å². The molecule has 0 aromatic carbocycles. The van der Waals surface area contributed by atoms with Gasteiger partial charge in [-0.1, -0.05) is 270 Å². The standard InChI is InChI=1S/C69H117NO8/c1-3-5-7-9-11-13-15-17-19-21-23-25-27-28-29-30-31-32-33-34-35-36-37-39-41-43-45-47-49-51-53-55-57-59-65(73)70-62(61-77-69-68(76)67(75)66(74)64(60-71)78-69)63(72)58-56-54-52-50-48-46-44-42-40-38-26-24-22-20-18-16-14-12-10-8-6-4-2/h5,7,11,13,17,19,23,25,28-29,31-32,34-35,37,39,48,50,56,58,62-64,66-69,71-72,74-76H,3-4,6,8-10,12,14-16,18,20-22,24,26-27,30,33,36,38,40-47,49,51-55,57,59-61H2,1-2H3,(H,70,73)/b7-5-,13-11-,19-17-,25-23-,29-28-,32-31-,35-34-,39-37-,50-48+,58-56+. The van der Waals surface area contributed by atoms with E-state index in [4.69, 9.17) is 9.47 Å². The van der Waals surface area contributed by atoms with Gasteiger partial charge in [-0.15, -0.1) is 0 Å². The Morgan fingerprint density at radius 1 is 0.449 bits per heavy atom. The molecule has 7 atom stereocenters. The van der Waals surface area contributed by atoms with E-state index in [1.807, 2.05) is 6.08 Å². The molecule has 0 saturated carbocycles. The van der Waals surface area contributed by atoms with Gasteiger partial charge >= 0.3 is 0 Å². The lowest BCUT2D eigenvalue weighted by Crippen LogP contribution is -2.60. The molecule has 1 rings (SSSR count). The lowest BCUT2D eigenvalue weighted by Gasteiger charge is -2.40. The van der Waals surface area contributed by atoms with Crippen molar-refractivity contribution in [2.45, 2.75) is 294 Å². The van der Waals surface area contributed by atoms with Gasteiger partial charge in [0, 0.05) is 6.42 Å². The van der Waals surface area contributed by atoms with E-state index < -0.39 is 49.5 Å². The van der Waals surface area contributed by atoms with Crippen LogP contribution in [-0.2, 0) is 14.3 Å². The second-order valence-corrected chi connectivity index (χ2v) is 21.5. The van der Waals surface area contributed by atoms with Crippen LogP contribution >= 0.6 is 0 Å². The number of amides is 1. The summed E-state index contributed by atoms with van der Waals surface area (Å²) < 4.78 is 11.3. The molecule has 1 heterocycles. The highest BCUT2D eigenvalue weighted by Gasteiger charge is 2.44. The highest BCUT2D eigenvalue weighted by Crippen LogP contribution is 2.23. The molecule has 1 fully saturated rings. The van der Waals surface area contributed by atoms with E-state index in [1.54, 1.807) is 6.08 Å². The Bertz CT molecular complexity index is 1640. The lowest BCUT2D eigenvalue weighted by atomic mass is 9.99. The zero-order valence-electron chi connectivity index (χ0n) is 49.6. The molecule has 0 radical (unpaired) electrons. The van der Waals surface area contributed by atoms with Gasteiger partial charge < -0.3 is 40.3 Å². The fraction of sp³-hybridized carbons (Fsp3) is 0.696. The van der Waals surface area contributed by atoms with Gasteiger partial charge in [0.15, 0.2) is 6.29 Å². The second kappa shape index (κ2) is 56.8. The third kappa shape index (κ3) is 45.3. The zero-order chi connectivity index (χ0) is 56.5. The number of carbonyl (C=O) groups excluding carboxylic acids is 1. The SMILES string of the molecule is CC/C=C\C/C=C\C/C=C\C/C=C\C/C=C\C/C=C\C/C=C\C/C=C\CCCCCCCCCCC(=O)NC(COC1OC(CO)C(O)C(O)C1O)C(O)/C=C/CC/C=C/CCCCCCCCCCCCCCCCCC. The molecule has 1 saturated heterocycles. The molecule has 1 amide bonds. The predicted molar refractivity (Wildman–Crippen MR) is 331 cm³/mol. The Morgan fingerprint density at radius 3 is 1.23 bits per heavy atom. The van der Waals surface area contributed by atoms with Crippen molar-refractivity contribution < 1.29 is 39.8 Å². The molecule has 0 aromatic rings. The number of aliphatic hydroxyl groups excluding tert-OH is 5. The number of hydrogen-bond donors (Lipinski definition) is 6. The number of ether oxygens (including phenoxy) is 2. The zero-order valence-corrected chi connectivity index (χ0v) is 49.6. The van der Waals surface area contributed by atoms with Gasteiger partial charge in [-0.25, -0.2) is 0 Å². The van der Waals surface area contributed by atoms with Crippen LogP contribution in [0.3, 0.4) is 0 Å². The average molecular weight is 1090 g/mol. The largest absolute Gasteiger partial charge is 0.394 e. The topological polar surface area (TPSA) is 149 Å². The molecule has 6 N–H and O–H groups in total. The number of hydrogen-bond acceptors (Lipinski definition) is 8. The van der Waals surface area contributed by atoms with Crippen LogP contribution in [0, 0.1) is 0 Å². The normalized spacial score (nSPS) is 19.5. The minimum Gasteiger partial charge on any atom is -0.394 e. The maximum Gasteiger partial charge on any atom is 0.220 e. The van der Waals surface area contributed by atoms with E-state index in [0.29, 0.717) is 6.42 Å². The van der Waals surface area contributed by atoms with Crippen molar-refractivity contribution in [1.82, 2.24) is 5.32 Å². The molecule has 0 spiro atoms. The van der Waals surface area contributed by atoms with Gasteiger partial charge in [0.2, 0.25) is 5.91 Å². The molecule has 9 heteroatoms. The van der Waals surface area contributed by atoms with Gasteiger partial charge in [0.05, 0.1) is 25.4 Å². The molecule has 0 aromatic heterocycles. The highest BCUT2D eigenvalue weighted by molar-refractivity contribution is 5.76. The van der Waals surface area contributed by atoms with Gasteiger partial charge in [0.1, 0.15) is 24.4 Å². The Morgan fingerprint density at radius 2 is 0.808 bits per heavy atom. The summed E-state index contributed by atoms with van der Waals surface area (Å²) in [7, 11) is 0. The summed E-state index contributed by atoms with van der Waals surface area (Å²) in [5, 5.41) is 54.6. The highest BCUT2D eigenvalue weighted by atomic mass is 16.7. The molecule has 0 bridgehead atoms. The third-order valence-electron chi connectivity index (χ3n) is 14.3. The molecule has 0 aliphatic carbocycles. The fourth-order valence-electron chi connectivity index (χ4n) is 9.31. The second-order valence-electron chi connectivity index (χ2n) is 21.5. The van der Waals surface area contributed by atoms with Gasteiger partial charge in [-0.3, -0.25) is 4.79 Å². The summed E-state index contributed by atoms with van der Waals surface area (Å²) in [6.45, 7) is 3.65. The van der Waals surface area contributed by atoms with Crippen LogP contribution in [0.25, 0.3) is 0 Å². The van der Waals surface area contributed by atoms with Crippen LogP contribution in [0.5, 0.6) is 0 Å². The fourth-order valence-corrected chi connectivity index (χ4v) is 9.31. The van der Waals surface area contributed by atoms with Crippen LogP contribution in [0.1, 0.15) is 251 Å². The summed E-state index contributed by atoms with van der Waals surface area (Å²) in [4.78, 5) is 13.1. The number of unbranched alkanes of at least 4 members (excludes halogenated alkanes) is 25. The minimum atomic E-state index is -1.58. The van der Waals surface area contributed by atoms with Crippen molar-refractivity contribution in [2.75, 3.05) is 13.2 Å². The summed E-state index contributed by atoms with van der Waals surface area (Å²) >= 11 is 0. The average Bonchev–Trinajstić information content (AvgIpc) is 3.45. The summed E-state index contributed by atoms with van der Waals surface area (Å²) in [5.41, 5.74) is 0. The molecule has 1 aliphatic heterocycles. The quantitative estimate of drug-likeness (QED) is 0.0261. The molecule has 78 heavy (non-hydrogen) atoms. The number of carbonyl (C=O) groups is 1. The number of rotatable bonds is 53. The molecular weight excluding hydrogens is 971 g/mol. The summed E-state index contributed by atoms with van der Waals surface area (Å²) in [6, 6.07) is -0.836. The Balaban J connectivity index is 2.23. The monoisotopic (exact) mass is 1090 g/mol. The van der Waals surface area contributed by atoms with Gasteiger partial charge in [-0.05, 0) is 96.3 Å². The maximum absolute atomic E-state index is 13.1. The Labute approximate surface area is 478 Å². The Hall–Kier alpha value is -3.41. The van der Waals surface area contributed by atoms with Crippen molar-refractivity contribution in [3.63, 3.8) is 0 Å². The van der Waals surface area contributed by atoms with Crippen molar-refractivity contribution >= 4 is 5.91 Å². The predicted octanol–water partition coefficient (Wildman–Crippen LogP) is 16.7. The van der Waals surface area contributed by atoms with E-state index in [-0.39, 0.29) is 12.5 Å². The first-order chi connectivity index (χ1) is 38.3.